The molecule has 0 spiro atoms. The molecule has 0 aliphatic heterocycles. The van der Waals surface area contributed by atoms with Gasteiger partial charge in [-0.25, -0.2) is 4.98 Å². The van der Waals surface area contributed by atoms with Gasteiger partial charge in [-0.05, 0) is 42.0 Å². The summed E-state index contributed by atoms with van der Waals surface area (Å²) in [4.78, 5) is 15.4. The van der Waals surface area contributed by atoms with Gasteiger partial charge in [-0.15, -0.1) is 0 Å². The van der Waals surface area contributed by atoms with E-state index in [0.29, 0.717) is 31.8 Å². The molecule has 3 N–H and O–H groups in total. The molecular weight excluding hydrogens is 427 g/mol. The maximum atomic E-state index is 12.5. The zero-order valence-electron chi connectivity index (χ0n) is 14.9. The van der Waals surface area contributed by atoms with E-state index in [4.69, 9.17) is 28.9 Å². The molecule has 0 amide bonds. The number of nitrogens with two attached hydrogens (primary N) is 1. The van der Waals surface area contributed by atoms with E-state index in [9.17, 15) is 15.3 Å². The van der Waals surface area contributed by atoms with Gasteiger partial charge in [-0.3, -0.25) is 10.5 Å². The van der Waals surface area contributed by atoms with Crippen LogP contribution in [0.4, 0.5) is 5.82 Å². The van der Waals surface area contributed by atoms with Crippen LogP contribution in [-0.2, 0) is 0 Å². The van der Waals surface area contributed by atoms with E-state index in [1.165, 1.54) is 0 Å². The molecule has 3 rings (SSSR count). The predicted octanol–water partition coefficient (Wildman–Crippen LogP) is 4.78. The Morgan fingerprint density at radius 3 is 2.07 bits per heavy atom. The SMILES string of the molecule is N#Cc1c(N)[nH+]c(SCC(=O)c2ccc(Cl)cc2)c(C#N)c1-c1ccc(Cl)cc1. The molecule has 0 saturated carbocycles. The molecular formula is C21H13Cl2N4OS+. The molecule has 5 nitrogen and oxygen atoms in total. The van der Waals surface area contributed by atoms with Crippen LogP contribution in [0.1, 0.15) is 21.5 Å². The molecule has 0 aliphatic rings. The fraction of sp³-hybridized carbons (Fsp3) is 0.0476. The van der Waals surface area contributed by atoms with Gasteiger partial charge < -0.3 is 0 Å². The average molecular weight is 440 g/mol. The number of nitrogens with zero attached hydrogens (tertiary/aromatic N) is 2. The molecule has 0 saturated heterocycles. The highest BCUT2D eigenvalue weighted by Crippen LogP contribution is 2.34. The van der Waals surface area contributed by atoms with E-state index in [1.807, 2.05) is 6.07 Å². The summed E-state index contributed by atoms with van der Waals surface area (Å²) in [7, 11) is 0. The number of ketones is 1. The van der Waals surface area contributed by atoms with Crippen molar-refractivity contribution in [3.63, 3.8) is 0 Å². The van der Waals surface area contributed by atoms with E-state index < -0.39 is 0 Å². The van der Waals surface area contributed by atoms with Crippen LogP contribution >= 0.6 is 35.0 Å². The summed E-state index contributed by atoms with van der Waals surface area (Å²) < 4.78 is 0. The second-order valence-corrected chi connectivity index (χ2v) is 7.80. The third kappa shape index (κ3) is 4.52. The first-order chi connectivity index (χ1) is 13.9. The minimum absolute atomic E-state index is 0.0816. The molecule has 29 heavy (non-hydrogen) atoms. The van der Waals surface area contributed by atoms with Crippen LogP contribution in [0.25, 0.3) is 11.1 Å². The van der Waals surface area contributed by atoms with Crippen LogP contribution in [0.2, 0.25) is 10.0 Å². The van der Waals surface area contributed by atoms with Gasteiger partial charge in [0, 0.05) is 21.2 Å². The molecule has 0 atom stereocenters. The number of hydrogen-bond donors (Lipinski definition) is 1. The summed E-state index contributed by atoms with van der Waals surface area (Å²) >= 11 is 13.0. The van der Waals surface area contributed by atoms with Crippen molar-refractivity contribution < 1.29 is 9.78 Å². The van der Waals surface area contributed by atoms with Crippen LogP contribution in [0.15, 0.2) is 53.6 Å². The van der Waals surface area contributed by atoms with Crippen molar-refractivity contribution in [2.75, 3.05) is 11.5 Å². The molecule has 0 bridgehead atoms. The van der Waals surface area contributed by atoms with Gasteiger partial charge in [0.2, 0.25) is 0 Å². The van der Waals surface area contributed by atoms with Crippen LogP contribution in [0.5, 0.6) is 0 Å². The Balaban J connectivity index is 2.00. The van der Waals surface area contributed by atoms with Crippen molar-refractivity contribution >= 4 is 46.6 Å². The summed E-state index contributed by atoms with van der Waals surface area (Å²) in [6.45, 7) is 0. The number of carbonyl (C=O) groups is 1. The maximum Gasteiger partial charge on any atom is 0.289 e. The van der Waals surface area contributed by atoms with Gasteiger partial charge in [0.25, 0.3) is 5.82 Å². The highest BCUT2D eigenvalue weighted by Gasteiger charge is 2.24. The van der Waals surface area contributed by atoms with Crippen molar-refractivity contribution in [2.45, 2.75) is 5.03 Å². The Morgan fingerprint density at radius 2 is 1.52 bits per heavy atom. The smallest absolute Gasteiger partial charge is 0.289 e. The third-order valence-electron chi connectivity index (χ3n) is 4.11. The number of aromatic amines is 1. The lowest BCUT2D eigenvalue weighted by molar-refractivity contribution is -0.410. The van der Waals surface area contributed by atoms with E-state index >= 15 is 0 Å². The Morgan fingerprint density at radius 1 is 0.966 bits per heavy atom. The highest BCUT2D eigenvalue weighted by atomic mass is 35.5. The first kappa shape index (κ1) is 20.7. The molecule has 0 fully saturated rings. The first-order valence-corrected chi connectivity index (χ1v) is 10.0. The number of nitrogen functional groups attached to an aromatic ring is 1. The van der Waals surface area contributed by atoms with Crippen molar-refractivity contribution in [1.82, 2.24) is 0 Å². The zero-order chi connectivity index (χ0) is 21.0. The average Bonchev–Trinajstić information content (AvgIpc) is 2.72. The molecule has 1 heterocycles. The van der Waals surface area contributed by atoms with Crippen molar-refractivity contribution in [2.24, 2.45) is 0 Å². The fourth-order valence-electron chi connectivity index (χ4n) is 2.71. The molecule has 142 valence electrons. The number of anilines is 1. The summed E-state index contributed by atoms with van der Waals surface area (Å²) in [5.41, 5.74) is 7.99. The number of carbonyl (C=O) groups excluding carboxylic acids is 1. The molecule has 3 aromatic rings. The lowest BCUT2D eigenvalue weighted by Gasteiger charge is -2.10. The molecule has 2 aromatic carbocycles. The van der Waals surface area contributed by atoms with E-state index in [1.54, 1.807) is 48.5 Å². The predicted molar refractivity (Wildman–Crippen MR) is 114 cm³/mol. The number of thioether (sulfide) groups is 1. The summed E-state index contributed by atoms with van der Waals surface area (Å²) in [5, 5.41) is 20.8. The van der Waals surface area contributed by atoms with Crippen LogP contribution < -0.4 is 10.7 Å². The van der Waals surface area contributed by atoms with Crippen LogP contribution in [0, 0.1) is 22.7 Å². The van der Waals surface area contributed by atoms with Crippen molar-refractivity contribution in [3.05, 3.63) is 75.3 Å². The number of Topliss-reactive ketones (excluding diaryl/α,β-unsaturated/α-hetero) is 1. The summed E-state index contributed by atoms with van der Waals surface area (Å²) in [6.07, 6.45) is 0. The molecule has 0 radical (unpaired) electrons. The van der Waals surface area contributed by atoms with Crippen LogP contribution in [0.3, 0.4) is 0 Å². The third-order valence-corrected chi connectivity index (χ3v) is 5.62. The van der Waals surface area contributed by atoms with E-state index in [2.05, 4.69) is 11.1 Å². The number of aromatic nitrogens is 1. The van der Waals surface area contributed by atoms with Gasteiger partial charge >= 0.3 is 0 Å². The quantitative estimate of drug-likeness (QED) is 0.454. The molecule has 0 aliphatic carbocycles. The molecule has 1 aromatic heterocycles. The second-order valence-electron chi connectivity index (χ2n) is 5.94. The monoisotopic (exact) mass is 439 g/mol. The summed E-state index contributed by atoms with van der Waals surface area (Å²) in [5.74, 6) is 0.0795. The van der Waals surface area contributed by atoms with Crippen molar-refractivity contribution in [1.29, 1.82) is 10.5 Å². The van der Waals surface area contributed by atoms with Gasteiger partial charge in [-0.1, -0.05) is 47.1 Å². The van der Waals surface area contributed by atoms with Gasteiger partial charge in [-0.2, -0.15) is 10.5 Å². The topological polar surface area (TPSA) is 105 Å². The number of nitriles is 2. The minimum Gasteiger partial charge on any atom is -0.293 e. The number of hydrogen-bond acceptors (Lipinski definition) is 5. The van der Waals surface area contributed by atoms with E-state index in [0.717, 1.165) is 11.8 Å². The zero-order valence-corrected chi connectivity index (χ0v) is 17.2. The van der Waals surface area contributed by atoms with Gasteiger partial charge in [0.1, 0.15) is 23.3 Å². The number of halogens is 2. The molecule has 0 unspecified atom stereocenters. The first-order valence-electron chi connectivity index (χ1n) is 8.31. The Kier molecular flexibility index (Phi) is 6.41. The number of H-pyrrole nitrogens is 1. The van der Waals surface area contributed by atoms with E-state index in [-0.39, 0.29) is 28.5 Å². The minimum atomic E-state index is -0.125. The Bertz CT molecular complexity index is 1160. The van der Waals surface area contributed by atoms with Gasteiger partial charge in [0.15, 0.2) is 10.8 Å². The normalized spacial score (nSPS) is 10.2. The fourth-order valence-corrected chi connectivity index (χ4v) is 3.88. The molecule has 8 heteroatoms. The Hall–Kier alpha value is -3.03. The standard InChI is InChI=1S/C21H12Cl2N4OS/c22-14-5-1-12(2-6-14)18(28)11-29-21-17(10-25)19(16(9-24)20(26)27-21)13-3-7-15(23)8-4-13/h1-8H,11H2,(H2,26,27)/p+1. The Labute approximate surface area is 181 Å². The summed E-state index contributed by atoms with van der Waals surface area (Å²) in [6, 6.07) is 17.5. The van der Waals surface area contributed by atoms with Crippen molar-refractivity contribution in [3.8, 4) is 23.3 Å². The number of rotatable bonds is 5. The maximum absolute atomic E-state index is 12.5. The van der Waals surface area contributed by atoms with Gasteiger partial charge in [0.05, 0.1) is 5.75 Å². The van der Waals surface area contributed by atoms with Crippen LogP contribution in [-0.4, -0.2) is 11.5 Å². The highest BCUT2D eigenvalue weighted by molar-refractivity contribution is 7.99. The second kappa shape index (κ2) is 8.98. The number of benzene rings is 2. The number of nitrogens with one attached hydrogen (secondary N) is 1. The lowest BCUT2D eigenvalue weighted by Crippen LogP contribution is -2.19. The number of pyridine rings is 1. The lowest BCUT2D eigenvalue weighted by atomic mass is 9.97. The largest absolute Gasteiger partial charge is 0.293 e.